The number of rotatable bonds is 4. The summed E-state index contributed by atoms with van der Waals surface area (Å²) in [5.74, 6) is -0.283. The van der Waals surface area contributed by atoms with Gasteiger partial charge in [-0.15, -0.1) is 0 Å². The Balaban J connectivity index is 1.28. The largest absolute Gasteiger partial charge is 0.368 e. The lowest BCUT2D eigenvalue weighted by Crippen LogP contribution is -2.54. The number of amides is 3. The first-order valence-electron chi connectivity index (χ1n) is 9.81. The van der Waals surface area contributed by atoms with Gasteiger partial charge in [0.2, 0.25) is 11.9 Å². The summed E-state index contributed by atoms with van der Waals surface area (Å²) in [6.45, 7) is 3.93. The molecule has 0 saturated carbocycles. The number of nitrogens with zero attached hydrogens (tertiary/aromatic N) is 3. The molecule has 1 saturated heterocycles. The monoisotopic (exact) mass is 410 g/mol. The van der Waals surface area contributed by atoms with Crippen molar-refractivity contribution in [3.63, 3.8) is 0 Å². The lowest BCUT2D eigenvalue weighted by atomic mass is 10.2. The molecule has 0 spiro atoms. The van der Waals surface area contributed by atoms with Crippen molar-refractivity contribution in [1.29, 1.82) is 0 Å². The van der Waals surface area contributed by atoms with Crippen LogP contribution in [0.2, 0.25) is 0 Å². The van der Waals surface area contributed by atoms with Crippen LogP contribution in [0.4, 0.5) is 20.8 Å². The smallest absolute Gasteiger partial charge is 0.318 e. The van der Waals surface area contributed by atoms with E-state index < -0.39 is 6.04 Å². The molecule has 0 aliphatic carbocycles. The Kier molecular flexibility index (Phi) is 5.51. The van der Waals surface area contributed by atoms with E-state index in [1.165, 1.54) is 12.1 Å². The predicted molar refractivity (Wildman–Crippen MR) is 113 cm³/mol. The number of anilines is 2. The molecule has 1 aromatic heterocycles. The molecule has 1 fully saturated rings. The second-order valence-corrected chi connectivity index (χ2v) is 7.21. The maximum atomic E-state index is 13.1. The number of benzene rings is 2. The van der Waals surface area contributed by atoms with Gasteiger partial charge in [-0.2, -0.15) is 0 Å². The van der Waals surface area contributed by atoms with Crippen LogP contribution in [0.3, 0.4) is 0 Å². The Morgan fingerprint density at radius 2 is 1.77 bits per heavy atom. The highest BCUT2D eigenvalue weighted by Crippen LogP contribution is 2.17. The lowest BCUT2D eigenvalue weighted by molar-refractivity contribution is -0.117. The molecular formula is C21H23FN6O2. The first kappa shape index (κ1) is 19.7. The van der Waals surface area contributed by atoms with Crippen molar-refractivity contribution in [3.05, 3.63) is 54.3 Å². The third-order valence-corrected chi connectivity index (χ3v) is 5.12. The zero-order valence-electron chi connectivity index (χ0n) is 16.6. The minimum absolute atomic E-state index is 0.272. The van der Waals surface area contributed by atoms with Crippen molar-refractivity contribution in [3.8, 4) is 0 Å². The number of carbonyl (C=O) groups is 2. The van der Waals surface area contributed by atoms with Crippen molar-refractivity contribution in [1.82, 2.24) is 20.2 Å². The van der Waals surface area contributed by atoms with E-state index in [2.05, 4.69) is 25.5 Å². The number of aromatic amines is 1. The minimum atomic E-state index is -0.721. The number of halogens is 1. The highest BCUT2D eigenvalue weighted by molar-refractivity contribution is 5.96. The number of imidazole rings is 1. The van der Waals surface area contributed by atoms with Gasteiger partial charge in [0.15, 0.2) is 0 Å². The Morgan fingerprint density at radius 3 is 2.47 bits per heavy atom. The van der Waals surface area contributed by atoms with Gasteiger partial charge in [0.25, 0.3) is 0 Å². The standard InChI is InChI=1S/C21H23FN6O2/c1-14(19(29)26-20-24-17-4-2-3-5-18(17)25-20)23-21(30)28-12-10-27(11-13-28)16-8-6-15(22)7-9-16/h2-9,14H,10-13H2,1H3,(H,23,30)(H2,24,25,26,29)/t14-/m1/s1. The van der Waals surface area contributed by atoms with Crippen molar-refractivity contribution in [2.24, 2.45) is 0 Å². The topological polar surface area (TPSA) is 93.4 Å². The fourth-order valence-corrected chi connectivity index (χ4v) is 3.40. The van der Waals surface area contributed by atoms with Gasteiger partial charge in [0.05, 0.1) is 11.0 Å². The van der Waals surface area contributed by atoms with E-state index in [0.29, 0.717) is 32.1 Å². The molecule has 156 valence electrons. The summed E-state index contributed by atoms with van der Waals surface area (Å²) in [5, 5.41) is 5.43. The van der Waals surface area contributed by atoms with Gasteiger partial charge in [-0.1, -0.05) is 12.1 Å². The summed E-state index contributed by atoms with van der Waals surface area (Å²) >= 11 is 0. The van der Waals surface area contributed by atoms with E-state index >= 15 is 0 Å². The molecule has 0 unspecified atom stereocenters. The molecular weight excluding hydrogens is 387 g/mol. The highest BCUT2D eigenvalue weighted by atomic mass is 19.1. The van der Waals surface area contributed by atoms with Crippen LogP contribution in [0, 0.1) is 5.82 Å². The number of aromatic nitrogens is 2. The van der Waals surface area contributed by atoms with Gasteiger partial charge in [0.1, 0.15) is 11.9 Å². The Morgan fingerprint density at radius 1 is 1.07 bits per heavy atom. The first-order valence-corrected chi connectivity index (χ1v) is 9.81. The summed E-state index contributed by atoms with van der Waals surface area (Å²) in [7, 11) is 0. The quantitative estimate of drug-likeness (QED) is 0.616. The number of carbonyl (C=O) groups excluding carboxylic acids is 2. The van der Waals surface area contributed by atoms with E-state index in [1.807, 2.05) is 24.3 Å². The molecule has 3 aromatic rings. The Labute approximate surface area is 173 Å². The van der Waals surface area contributed by atoms with Crippen LogP contribution in [0.1, 0.15) is 6.92 Å². The average molecular weight is 410 g/mol. The molecule has 2 aromatic carbocycles. The predicted octanol–water partition coefficient (Wildman–Crippen LogP) is 2.56. The summed E-state index contributed by atoms with van der Waals surface area (Å²) in [6.07, 6.45) is 0. The van der Waals surface area contributed by atoms with E-state index in [9.17, 15) is 14.0 Å². The van der Waals surface area contributed by atoms with Crippen molar-refractivity contribution < 1.29 is 14.0 Å². The molecule has 0 bridgehead atoms. The maximum Gasteiger partial charge on any atom is 0.318 e. The molecule has 9 heteroatoms. The van der Waals surface area contributed by atoms with Crippen molar-refractivity contribution in [2.45, 2.75) is 13.0 Å². The molecule has 0 radical (unpaired) electrons. The third kappa shape index (κ3) is 4.35. The number of nitrogens with one attached hydrogen (secondary N) is 3. The summed E-state index contributed by atoms with van der Waals surface area (Å²) in [4.78, 5) is 36.1. The van der Waals surface area contributed by atoms with Gasteiger partial charge in [-0.05, 0) is 43.3 Å². The number of H-pyrrole nitrogens is 1. The van der Waals surface area contributed by atoms with Gasteiger partial charge < -0.3 is 20.1 Å². The molecule has 3 N–H and O–H groups in total. The number of hydrogen-bond donors (Lipinski definition) is 3. The zero-order chi connectivity index (χ0) is 21.1. The van der Waals surface area contributed by atoms with E-state index in [1.54, 1.807) is 24.0 Å². The molecule has 3 amide bonds. The summed E-state index contributed by atoms with van der Waals surface area (Å²) in [6, 6.07) is 12.8. The summed E-state index contributed by atoms with van der Waals surface area (Å²) in [5.41, 5.74) is 2.50. The van der Waals surface area contributed by atoms with Gasteiger partial charge in [0, 0.05) is 31.9 Å². The lowest BCUT2D eigenvalue weighted by Gasteiger charge is -2.36. The SMILES string of the molecule is C[C@@H](NC(=O)N1CCN(c2ccc(F)cc2)CC1)C(=O)Nc1nc2ccccc2[nH]1. The normalized spacial score (nSPS) is 15.1. The maximum absolute atomic E-state index is 13.1. The highest BCUT2D eigenvalue weighted by Gasteiger charge is 2.24. The van der Waals surface area contributed by atoms with Gasteiger partial charge in [-0.3, -0.25) is 10.1 Å². The van der Waals surface area contributed by atoms with Crippen molar-refractivity contribution >= 4 is 34.6 Å². The van der Waals surface area contributed by atoms with E-state index in [4.69, 9.17) is 0 Å². The molecule has 1 aliphatic heterocycles. The van der Waals surface area contributed by atoms with E-state index in [-0.39, 0.29) is 17.8 Å². The number of para-hydroxylation sites is 2. The molecule has 1 aliphatic rings. The van der Waals surface area contributed by atoms with Crippen LogP contribution in [0.5, 0.6) is 0 Å². The molecule has 4 rings (SSSR count). The zero-order valence-corrected chi connectivity index (χ0v) is 16.6. The average Bonchev–Trinajstić information content (AvgIpc) is 3.16. The van der Waals surface area contributed by atoms with Crippen LogP contribution in [-0.2, 0) is 4.79 Å². The van der Waals surface area contributed by atoms with Gasteiger partial charge in [-0.25, -0.2) is 14.2 Å². The third-order valence-electron chi connectivity index (χ3n) is 5.12. The van der Waals surface area contributed by atoms with Gasteiger partial charge >= 0.3 is 6.03 Å². The fourth-order valence-electron chi connectivity index (χ4n) is 3.40. The number of fused-ring (bicyclic) bond motifs is 1. The number of urea groups is 1. The molecule has 1 atom stereocenters. The Bertz CT molecular complexity index is 1010. The van der Waals surface area contributed by atoms with Crippen LogP contribution in [-0.4, -0.2) is 59.0 Å². The summed E-state index contributed by atoms with van der Waals surface area (Å²) < 4.78 is 13.1. The Hall–Kier alpha value is -3.62. The molecule has 8 nitrogen and oxygen atoms in total. The van der Waals surface area contributed by atoms with Crippen LogP contribution in [0.25, 0.3) is 11.0 Å². The molecule has 2 heterocycles. The van der Waals surface area contributed by atoms with Crippen LogP contribution >= 0.6 is 0 Å². The van der Waals surface area contributed by atoms with E-state index in [0.717, 1.165) is 16.7 Å². The number of hydrogen-bond acceptors (Lipinski definition) is 4. The van der Waals surface area contributed by atoms with Crippen LogP contribution in [0.15, 0.2) is 48.5 Å². The number of piperazine rings is 1. The second kappa shape index (κ2) is 8.40. The second-order valence-electron chi connectivity index (χ2n) is 7.21. The minimum Gasteiger partial charge on any atom is -0.368 e. The fraction of sp³-hybridized carbons (Fsp3) is 0.286. The first-order chi connectivity index (χ1) is 14.5. The molecule has 30 heavy (non-hydrogen) atoms. The van der Waals surface area contributed by atoms with Crippen molar-refractivity contribution in [2.75, 3.05) is 36.4 Å². The van der Waals surface area contributed by atoms with Crippen LogP contribution < -0.4 is 15.5 Å².